The Labute approximate surface area is 107 Å². The number of carbonyl (C=O) groups is 1. The lowest BCUT2D eigenvalue weighted by Crippen LogP contribution is -1.95. The molecule has 0 heterocycles. The number of benzene rings is 1. The minimum Gasteiger partial charge on any atom is -0.466 e. The molecule has 17 heavy (non-hydrogen) atoms. The van der Waals surface area contributed by atoms with Gasteiger partial charge in [-0.25, -0.2) is 4.79 Å². The number of carbonyl (C=O) groups excluding carboxylic acids is 1. The molecular weight excluding hydrogens is 236 g/mol. The molecule has 0 saturated heterocycles. The number of ether oxygens (including phenoxy) is 1. The highest BCUT2D eigenvalue weighted by Crippen LogP contribution is 2.14. The van der Waals surface area contributed by atoms with E-state index in [-0.39, 0.29) is 0 Å². The number of aryl methyl sites for hydroxylation is 1. The first kappa shape index (κ1) is 13.8. The zero-order valence-corrected chi connectivity index (χ0v) is 10.7. The highest BCUT2D eigenvalue weighted by Gasteiger charge is 1.99. The van der Waals surface area contributed by atoms with Crippen LogP contribution < -0.4 is 0 Å². The molecule has 0 saturated carbocycles. The van der Waals surface area contributed by atoms with Crippen LogP contribution in [0, 0.1) is 0 Å². The van der Waals surface area contributed by atoms with Crippen LogP contribution in [0.2, 0.25) is 0 Å². The van der Waals surface area contributed by atoms with Gasteiger partial charge in [-0.05, 0) is 31.2 Å². The second kappa shape index (κ2) is 7.91. The van der Waals surface area contributed by atoms with Gasteiger partial charge in [-0.3, -0.25) is 0 Å². The maximum atomic E-state index is 10.9. The zero-order chi connectivity index (χ0) is 12.5. The molecule has 0 aliphatic rings. The van der Waals surface area contributed by atoms with Crippen molar-refractivity contribution in [3.8, 4) is 0 Å². The van der Waals surface area contributed by atoms with Gasteiger partial charge < -0.3 is 4.74 Å². The van der Waals surface area contributed by atoms with Crippen LogP contribution in [-0.4, -0.2) is 13.1 Å². The molecule has 0 amide bonds. The molecule has 92 valence electrons. The normalized spacial score (nSPS) is 11.3. The lowest BCUT2D eigenvalue weighted by Gasteiger charge is -2.01. The molecule has 0 fully saturated rings. The van der Waals surface area contributed by atoms with Gasteiger partial charge >= 0.3 is 5.97 Å². The summed E-state index contributed by atoms with van der Waals surface area (Å²) in [5.74, 6) is -0.391. The predicted molar refractivity (Wildman–Crippen MR) is 69.9 cm³/mol. The van der Waals surface area contributed by atoms with E-state index in [0.29, 0.717) is 5.03 Å². The van der Waals surface area contributed by atoms with E-state index >= 15 is 0 Å². The minimum absolute atomic E-state index is 0.391. The van der Waals surface area contributed by atoms with Gasteiger partial charge in [0.25, 0.3) is 0 Å². The Balaban J connectivity index is 2.20. The van der Waals surface area contributed by atoms with Crippen molar-refractivity contribution in [3.63, 3.8) is 0 Å². The molecule has 0 unspecified atom stereocenters. The Morgan fingerprint density at radius 1 is 1.29 bits per heavy atom. The lowest BCUT2D eigenvalue weighted by atomic mass is 10.1. The third kappa shape index (κ3) is 6.12. The van der Waals surface area contributed by atoms with Crippen LogP contribution in [0.25, 0.3) is 0 Å². The maximum absolute atomic E-state index is 10.9. The van der Waals surface area contributed by atoms with Crippen LogP contribution in [0.3, 0.4) is 0 Å². The zero-order valence-electron chi connectivity index (χ0n) is 9.99. The van der Waals surface area contributed by atoms with E-state index in [1.807, 2.05) is 18.2 Å². The number of unbranched alkanes of at least 4 members (excludes halogenated alkanes) is 1. The Bertz CT molecular complexity index is 371. The van der Waals surface area contributed by atoms with Crippen molar-refractivity contribution in [2.45, 2.75) is 25.7 Å². The number of allylic oxidation sites excluding steroid dienone is 1. The van der Waals surface area contributed by atoms with E-state index < -0.39 is 5.97 Å². The van der Waals surface area contributed by atoms with Crippen LogP contribution in [0.4, 0.5) is 0 Å². The molecule has 1 aromatic rings. The summed E-state index contributed by atoms with van der Waals surface area (Å²) in [6.07, 6.45) is 5.15. The summed E-state index contributed by atoms with van der Waals surface area (Å²) in [6.45, 7) is 0. The van der Waals surface area contributed by atoms with Gasteiger partial charge in [-0.15, -0.1) is 0 Å². The summed E-state index contributed by atoms with van der Waals surface area (Å²) in [5.41, 5.74) is 1.33. The number of esters is 1. The van der Waals surface area contributed by atoms with E-state index in [2.05, 4.69) is 16.9 Å². The van der Waals surface area contributed by atoms with Gasteiger partial charge in [0.15, 0.2) is 0 Å². The summed E-state index contributed by atoms with van der Waals surface area (Å²) < 4.78 is 4.50. The molecule has 1 rings (SSSR count). The molecular formula is C14H17ClO2. The first-order chi connectivity index (χ1) is 8.22. The van der Waals surface area contributed by atoms with Crippen molar-refractivity contribution >= 4 is 17.6 Å². The molecule has 2 nitrogen and oxygen atoms in total. The second-order valence-electron chi connectivity index (χ2n) is 3.81. The first-order valence-electron chi connectivity index (χ1n) is 5.70. The molecule has 0 radical (unpaired) electrons. The van der Waals surface area contributed by atoms with Crippen LogP contribution in [-0.2, 0) is 16.0 Å². The van der Waals surface area contributed by atoms with Crippen LogP contribution in [0.15, 0.2) is 41.4 Å². The van der Waals surface area contributed by atoms with Gasteiger partial charge in [0.1, 0.15) is 0 Å². The van der Waals surface area contributed by atoms with Gasteiger partial charge in [-0.1, -0.05) is 41.9 Å². The molecule has 0 N–H and O–H groups in total. The largest absolute Gasteiger partial charge is 0.466 e. The fourth-order valence-corrected chi connectivity index (χ4v) is 1.75. The van der Waals surface area contributed by atoms with Gasteiger partial charge in [0.05, 0.1) is 7.11 Å². The Morgan fingerprint density at radius 2 is 2.00 bits per heavy atom. The number of rotatable bonds is 6. The van der Waals surface area contributed by atoms with E-state index in [1.165, 1.54) is 18.7 Å². The minimum atomic E-state index is -0.391. The van der Waals surface area contributed by atoms with Gasteiger partial charge in [-0.2, -0.15) is 0 Å². The SMILES string of the molecule is COC(=O)/C=C(/Cl)CCCCc1ccccc1. The Morgan fingerprint density at radius 3 is 2.65 bits per heavy atom. The molecule has 0 aliphatic carbocycles. The smallest absolute Gasteiger partial charge is 0.331 e. The van der Waals surface area contributed by atoms with Gasteiger partial charge in [0, 0.05) is 11.1 Å². The summed E-state index contributed by atoms with van der Waals surface area (Å²) in [4.78, 5) is 10.9. The number of hydrogen-bond donors (Lipinski definition) is 0. The van der Waals surface area contributed by atoms with Crippen molar-refractivity contribution < 1.29 is 9.53 Å². The fraction of sp³-hybridized carbons (Fsp3) is 0.357. The van der Waals surface area contributed by atoms with Crippen molar-refractivity contribution in [2.75, 3.05) is 7.11 Å². The highest BCUT2D eigenvalue weighted by atomic mass is 35.5. The number of methoxy groups -OCH3 is 1. The van der Waals surface area contributed by atoms with Gasteiger partial charge in [0.2, 0.25) is 0 Å². The third-order valence-electron chi connectivity index (χ3n) is 2.45. The van der Waals surface area contributed by atoms with Crippen molar-refractivity contribution in [2.24, 2.45) is 0 Å². The topological polar surface area (TPSA) is 26.3 Å². The third-order valence-corrected chi connectivity index (χ3v) is 2.75. The molecule has 1 aromatic carbocycles. The van der Waals surface area contributed by atoms with Crippen LogP contribution >= 0.6 is 11.6 Å². The number of hydrogen-bond acceptors (Lipinski definition) is 2. The average Bonchev–Trinajstić information content (AvgIpc) is 2.36. The van der Waals surface area contributed by atoms with Crippen molar-refractivity contribution in [1.29, 1.82) is 0 Å². The highest BCUT2D eigenvalue weighted by molar-refractivity contribution is 6.30. The average molecular weight is 253 g/mol. The summed E-state index contributed by atoms with van der Waals surface area (Å²) in [5, 5.41) is 0.560. The monoisotopic (exact) mass is 252 g/mol. The molecule has 0 spiro atoms. The molecule has 0 aromatic heterocycles. The standard InChI is InChI=1S/C14H17ClO2/c1-17-14(16)11-13(15)10-6-5-9-12-7-3-2-4-8-12/h2-4,7-8,11H,5-6,9-10H2,1H3/b13-11+. The van der Waals surface area contributed by atoms with Crippen LogP contribution in [0.1, 0.15) is 24.8 Å². The van der Waals surface area contributed by atoms with E-state index in [4.69, 9.17) is 11.6 Å². The van der Waals surface area contributed by atoms with Crippen LogP contribution in [0.5, 0.6) is 0 Å². The van der Waals surface area contributed by atoms with E-state index in [9.17, 15) is 4.79 Å². The maximum Gasteiger partial charge on any atom is 0.331 e. The van der Waals surface area contributed by atoms with Crippen molar-refractivity contribution in [1.82, 2.24) is 0 Å². The summed E-state index contributed by atoms with van der Waals surface area (Å²) in [6, 6.07) is 10.3. The molecule has 0 aliphatic heterocycles. The predicted octanol–water partition coefficient (Wildman–Crippen LogP) is 3.70. The Hall–Kier alpha value is -1.28. The Kier molecular flexibility index (Phi) is 6.41. The van der Waals surface area contributed by atoms with Crippen molar-refractivity contribution in [3.05, 3.63) is 47.0 Å². The second-order valence-corrected chi connectivity index (χ2v) is 4.29. The molecule has 0 atom stereocenters. The molecule has 3 heteroatoms. The van der Waals surface area contributed by atoms with E-state index in [0.717, 1.165) is 25.7 Å². The quantitative estimate of drug-likeness (QED) is 0.438. The number of halogens is 1. The summed E-state index contributed by atoms with van der Waals surface area (Å²) >= 11 is 5.90. The lowest BCUT2D eigenvalue weighted by molar-refractivity contribution is -0.134. The van der Waals surface area contributed by atoms with E-state index in [1.54, 1.807) is 0 Å². The fourth-order valence-electron chi connectivity index (χ4n) is 1.53. The first-order valence-corrected chi connectivity index (χ1v) is 6.08. The molecule has 0 bridgehead atoms. The summed E-state index contributed by atoms with van der Waals surface area (Å²) in [7, 11) is 1.35.